The number of rotatable bonds is 5. The molecule has 24 heavy (non-hydrogen) atoms. The topological polar surface area (TPSA) is 62.5 Å². The van der Waals surface area contributed by atoms with E-state index >= 15 is 0 Å². The standard InChI is InChI=1S/C18H19N5O/c1-22(15-8-9-15)12-13-4-6-14(7-5-13)20-18(24)16-3-2-10-23-17(16)11-19-21-23/h2-7,10-11,15H,8-9,12H2,1H3,(H,20,24). The second-order valence-corrected chi connectivity index (χ2v) is 6.28. The molecule has 6 nitrogen and oxygen atoms in total. The van der Waals surface area contributed by atoms with Crippen molar-refractivity contribution in [3.8, 4) is 0 Å². The maximum Gasteiger partial charge on any atom is 0.257 e. The van der Waals surface area contributed by atoms with E-state index < -0.39 is 0 Å². The second-order valence-electron chi connectivity index (χ2n) is 6.28. The van der Waals surface area contributed by atoms with Crippen LogP contribution in [0, 0.1) is 0 Å². The molecule has 0 bridgehead atoms. The molecule has 1 saturated carbocycles. The van der Waals surface area contributed by atoms with E-state index in [2.05, 4.69) is 39.7 Å². The molecule has 0 radical (unpaired) electrons. The van der Waals surface area contributed by atoms with Crippen LogP contribution in [0.25, 0.3) is 5.52 Å². The fourth-order valence-electron chi connectivity index (χ4n) is 2.87. The maximum absolute atomic E-state index is 12.5. The smallest absolute Gasteiger partial charge is 0.257 e. The first-order valence-corrected chi connectivity index (χ1v) is 8.10. The molecule has 0 spiro atoms. The highest BCUT2D eigenvalue weighted by Gasteiger charge is 2.25. The number of hydrogen-bond acceptors (Lipinski definition) is 4. The molecule has 2 heterocycles. The van der Waals surface area contributed by atoms with Crippen LogP contribution in [0.3, 0.4) is 0 Å². The number of anilines is 1. The molecule has 1 amide bonds. The summed E-state index contributed by atoms with van der Waals surface area (Å²) in [5.41, 5.74) is 3.29. The molecule has 0 atom stereocenters. The van der Waals surface area contributed by atoms with E-state index in [1.54, 1.807) is 29.0 Å². The minimum absolute atomic E-state index is 0.161. The zero-order chi connectivity index (χ0) is 16.5. The van der Waals surface area contributed by atoms with Crippen molar-refractivity contribution in [3.63, 3.8) is 0 Å². The number of fused-ring (bicyclic) bond motifs is 1. The molecule has 122 valence electrons. The highest BCUT2D eigenvalue weighted by atomic mass is 16.1. The number of carbonyl (C=O) groups excluding carboxylic acids is 1. The Labute approximate surface area is 140 Å². The second kappa shape index (κ2) is 6.05. The van der Waals surface area contributed by atoms with Gasteiger partial charge < -0.3 is 5.32 Å². The summed E-state index contributed by atoms with van der Waals surface area (Å²) in [6.45, 7) is 0.944. The maximum atomic E-state index is 12.5. The lowest BCUT2D eigenvalue weighted by molar-refractivity contribution is 0.102. The number of nitrogens with one attached hydrogen (secondary N) is 1. The largest absolute Gasteiger partial charge is 0.322 e. The van der Waals surface area contributed by atoms with E-state index in [0.717, 1.165) is 18.3 Å². The molecule has 0 unspecified atom stereocenters. The predicted octanol–water partition coefficient (Wildman–Crippen LogP) is 2.58. The van der Waals surface area contributed by atoms with E-state index in [1.165, 1.54) is 18.4 Å². The lowest BCUT2D eigenvalue weighted by atomic mass is 10.1. The van der Waals surface area contributed by atoms with Crippen molar-refractivity contribution in [2.45, 2.75) is 25.4 Å². The van der Waals surface area contributed by atoms with E-state index in [9.17, 15) is 4.79 Å². The van der Waals surface area contributed by atoms with Crippen LogP contribution in [0.15, 0.2) is 48.8 Å². The average molecular weight is 321 g/mol. The third-order valence-electron chi connectivity index (χ3n) is 4.40. The summed E-state index contributed by atoms with van der Waals surface area (Å²) in [4.78, 5) is 14.9. The highest BCUT2D eigenvalue weighted by molar-refractivity contribution is 6.08. The quantitative estimate of drug-likeness (QED) is 0.784. The number of amides is 1. The Morgan fingerprint density at radius 2 is 2.08 bits per heavy atom. The number of aromatic nitrogens is 3. The summed E-state index contributed by atoms with van der Waals surface area (Å²) >= 11 is 0. The van der Waals surface area contributed by atoms with Crippen LogP contribution in [0.4, 0.5) is 5.69 Å². The molecular formula is C18H19N5O. The van der Waals surface area contributed by atoms with Gasteiger partial charge in [-0.2, -0.15) is 0 Å². The van der Waals surface area contributed by atoms with Crippen LogP contribution in [-0.4, -0.2) is 38.7 Å². The van der Waals surface area contributed by atoms with Gasteiger partial charge in [0, 0.05) is 24.5 Å². The van der Waals surface area contributed by atoms with Gasteiger partial charge in [0.25, 0.3) is 5.91 Å². The summed E-state index contributed by atoms with van der Waals surface area (Å²) in [7, 11) is 2.16. The Balaban J connectivity index is 1.46. The summed E-state index contributed by atoms with van der Waals surface area (Å²) in [5, 5.41) is 10.7. The Bertz CT molecular complexity index is 867. The van der Waals surface area contributed by atoms with Crippen LogP contribution in [0.5, 0.6) is 0 Å². The molecule has 0 saturated heterocycles. The van der Waals surface area contributed by atoms with Gasteiger partial charge in [-0.05, 0) is 49.7 Å². The van der Waals surface area contributed by atoms with Crippen LogP contribution in [0.2, 0.25) is 0 Å². The summed E-state index contributed by atoms with van der Waals surface area (Å²) in [6.07, 6.45) is 5.97. The fraction of sp³-hybridized carbons (Fsp3) is 0.278. The van der Waals surface area contributed by atoms with Gasteiger partial charge in [-0.3, -0.25) is 9.69 Å². The van der Waals surface area contributed by atoms with Gasteiger partial charge in [0.05, 0.1) is 17.3 Å². The molecule has 1 aliphatic carbocycles. The van der Waals surface area contributed by atoms with Crippen molar-refractivity contribution in [3.05, 3.63) is 59.9 Å². The van der Waals surface area contributed by atoms with Gasteiger partial charge >= 0.3 is 0 Å². The van der Waals surface area contributed by atoms with Gasteiger partial charge in [0.1, 0.15) is 0 Å². The Kier molecular flexibility index (Phi) is 3.74. The van der Waals surface area contributed by atoms with Crippen LogP contribution >= 0.6 is 0 Å². The van der Waals surface area contributed by atoms with Gasteiger partial charge in [-0.25, -0.2) is 4.52 Å². The number of nitrogens with zero attached hydrogens (tertiary/aromatic N) is 4. The van der Waals surface area contributed by atoms with E-state index in [-0.39, 0.29) is 5.91 Å². The van der Waals surface area contributed by atoms with Crippen molar-refractivity contribution in [1.82, 2.24) is 19.7 Å². The van der Waals surface area contributed by atoms with Crippen LogP contribution < -0.4 is 5.32 Å². The fourth-order valence-corrected chi connectivity index (χ4v) is 2.87. The third-order valence-corrected chi connectivity index (χ3v) is 4.40. The third kappa shape index (κ3) is 3.00. The molecule has 4 rings (SSSR count). The van der Waals surface area contributed by atoms with Crippen LogP contribution in [0.1, 0.15) is 28.8 Å². The zero-order valence-electron chi connectivity index (χ0n) is 13.5. The summed E-state index contributed by atoms with van der Waals surface area (Å²) in [6, 6.07) is 12.3. The number of pyridine rings is 1. The molecule has 0 aliphatic heterocycles. The Hall–Kier alpha value is -2.73. The predicted molar refractivity (Wildman–Crippen MR) is 91.9 cm³/mol. The molecule has 3 aromatic rings. The lowest BCUT2D eigenvalue weighted by Gasteiger charge is -2.15. The van der Waals surface area contributed by atoms with Crippen molar-refractivity contribution in [1.29, 1.82) is 0 Å². The minimum Gasteiger partial charge on any atom is -0.322 e. The molecule has 1 fully saturated rings. The Morgan fingerprint density at radius 3 is 2.83 bits per heavy atom. The number of hydrogen-bond donors (Lipinski definition) is 1. The summed E-state index contributed by atoms with van der Waals surface area (Å²) < 4.78 is 1.59. The lowest BCUT2D eigenvalue weighted by Crippen LogP contribution is -2.19. The van der Waals surface area contributed by atoms with E-state index in [1.807, 2.05) is 12.1 Å². The molecule has 1 N–H and O–H groups in total. The molecule has 1 aromatic carbocycles. The van der Waals surface area contributed by atoms with Crippen molar-refractivity contribution in [2.24, 2.45) is 0 Å². The van der Waals surface area contributed by atoms with Gasteiger partial charge in [-0.15, -0.1) is 5.10 Å². The molecule has 6 heteroatoms. The van der Waals surface area contributed by atoms with E-state index in [4.69, 9.17) is 0 Å². The highest BCUT2D eigenvalue weighted by Crippen LogP contribution is 2.26. The van der Waals surface area contributed by atoms with Gasteiger partial charge in [0.15, 0.2) is 0 Å². The first-order chi connectivity index (χ1) is 11.7. The van der Waals surface area contributed by atoms with E-state index in [0.29, 0.717) is 11.1 Å². The molecule has 2 aromatic heterocycles. The zero-order valence-corrected chi connectivity index (χ0v) is 13.5. The first kappa shape index (κ1) is 14.8. The average Bonchev–Trinajstić information content (AvgIpc) is 3.33. The minimum atomic E-state index is -0.161. The van der Waals surface area contributed by atoms with Crippen molar-refractivity contribution >= 4 is 17.1 Å². The monoisotopic (exact) mass is 321 g/mol. The normalized spacial score (nSPS) is 14.2. The van der Waals surface area contributed by atoms with Crippen molar-refractivity contribution in [2.75, 3.05) is 12.4 Å². The molecular weight excluding hydrogens is 302 g/mol. The first-order valence-electron chi connectivity index (χ1n) is 8.10. The Morgan fingerprint density at radius 1 is 1.29 bits per heavy atom. The summed E-state index contributed by atoms with van der Waals surface area (Å²) in [5.74, 6) is -0.161. The molecule has 1 aliphatic rings. The number of benzene rings is 1. The number of carbonyl (C=O) groups is 1. The van der Waals surface area contributed by atoms with Crippen LogP contribution in [-0.2, 0) is 6.54 Å². The van der Waals surface area contributed by atoms with Gasteiger partial charge in [0.2, 0.25) is 0 Å². The SMILES string of the molecule is CN(Cc1ccc(NC(=O)c2cccn3nncc23)cc1)C1CC1. The van der Waals surface area contributed by atoms with Gasteiger partial charge in [-0.1, -0.05) is 17.3 Å². The van der Waals surface area contributed by atoms with Crippen molar-refractivity contribution < 1.29 is 4.79 Å².